The van der Waals surface area contributed by atoms with Gasteiger partial charge >= 0.3 is 0 Å². The number of likely N-dealkylation sites (tertiary alicyclic amines) is 1. The maximum atomic E-state index is 3.79. The van der Waals surface area contributed by atoms with Crippen molar-refractivity contribution in [1.82, 2.24) is 10.2 Å². The van der Waals surface area contributed by atoms with E-state index in [0.717, 1.165) is 17.6 Å². The van der Waals surface area contributed by atoms with E-state index in [0.29, 0.717) is 12.1 Å². The molecule has 0 aromatic heterocycles. The van der Waals surface area contributed by atoms with Crippen LogP contribution in [0.5, 0.6) is 0 Å². The van der Waals surface area contributed by atoms with Crippen LogP contribution < -0.4 is 5.32 Å². The van der Waals surface area contributed by atoms with E-state index in [1.54, 1.807) is 0 Å². The number of hydrogen-bond donors (Lipinski definition) is 1. The molecule has 2 nitrogen and oxygen atoms in total. The van der Waals surface area contributed by atoms with Gasteiger partial charge in [0.1, 0.15) is 0 Å². The van der Waals surface area contributed by atoms with E-state index < -0.39 is 0 Å². The minimum Gasteiger partial charge on any atom is -0.308 e. The minimum atomic E-state index is 0.638. The fourth-order valence-corrected chi connectivity index (χ4v) is 1.76. The van der Waals surface area contributed by atoms with Gasteiger partial charge in [-0.1, -0.05) is 22.5 Å². The van der Waals surface area contributed by atoms with Crippen LogP contribution >= 0.6 is 15.9 Å². The van der Waals surface area contributed by atoms with Crippen LogP contribution in [0, 0.1) is 0 Å². The van der Waals surface area contributed by atoms with Gasteiger partial charge in [0.2, 0.25) is 0 Å². The van der Waals surface area contributed by atoms with Crippen LogP contribution in [0.4, 0.5) is 0 Å². The highest BCUT2D eigenvalue weighted by atomic mass is 79.9. The second-order valence-corrected chi connectivity index (χ2v) is 4.74. The van der Waals surface area contributed by atoms with Crippen molar-refractivity contribution in [3.05, 3.63) is 11.1 Å². The minimum absolute atomic E-state index is 0.638. The molecule has 2 atom stereocenters. The second kappa shape index (κ2) is 4.40. The normalized spacial score (nSPS) is 30.9. The van der Waals surface area contributed by atoms with E-state index >= 15 is 0 Å². The molecule has 0 spiro atoms. The molecule has 1 rings (SSSR count). The molecule has 0 aromatic rings. The Morgan fingerprint density at radius 1 is 1.75 bits per heavy atom. The fourth-order valence-electron chi connectivity index (χ4n) is 1.60. The van der Waals surface area contributed by atoms with Gasteiger partial charge in [0.25, 0.3) is 0 Å². The van der Waals surface area contributed by atoms with E-state index in [4.69, 9.17) is 0 Å². The average molecular weight is 233 g/mol. The summed E-state index contributed by atoms with van der Waals surface area (Å²) in [6.07, 6.45) is 1.25. The van der Waals surface area contributed by atoms with E-state index in [-0.39, 0.29) is 0 Å². The summed E-state index contributed by atoms with van der Waals surface area (Å²) in [5, 5.41) is 3.45. The van der Waals surface area contributed by atoms with E-state index in [9.17, 15) is 0 Å². The molecule has 0 saturated carbocycles. The van der Waals surface area contributed by atoms with E-state index in [2.05, 4.69) is 46.7 Å². The standard InChI is InChI=1S/C9H17BrN2/c1-7(10)5-11-9-4-8(2)12(3)6-9/h8-9,11H,1,4-6H2,2-3H3. The molecule has 1 saturated heterocycles. The Hall–Kier alpha value is 0.140. The van der Waals surface area contributed by atoms with Crippen LogP contribution in [-0.2, 0) is 0 Å². The maximum absolute atomic E-state index is 3.79. The second-order valence-electron chi connectivity index (χ2n) is 3.62. The lowest BCUT2D eigenvalue weighted by Gasteiger charge is -2.12. The monoisotopic (exact) mass is 232 g/mol. The van der Waals surface area contributed by atoms with Gasteiger partial charge in [-0.15, -0.1) is 0 Å². The quantitative estimate of drug-likeness (QED) is 0.796. The molecule has 12 heavy (non-hydrogen) atoms. The topological polar surface area (TPSA) is 15.3 Å². The predicted octanol–water partition coefficient (Wildman–Crippen LogP) is 1.58. The Morgan fingerprint density at radius 3 is 2.83 bits per heavy atom. The van der Waals surface area contributed by atoms with Crippen molar-refractivity contribution in [3.63, 3.8) is 0 Å². The fraction of sp³-hybridized carbons (Fsp3) is 0.778. The Balaban J connectivity index is 2.23. The van der Waals surface area contributed by atoms with Crippen LogP contribution in [0.15, 0.2) is 11.1 Å². The molecule has 70 valence electrons. The number of likely N-dealkylation sites (N-methyl/N-ethyl adjacent to an activating group) is 1. The highest BCUT2D eigenvalue weighted by Gasteiger charge is 2.25. The van der Waals surface area contributed by atoms with E-state index in [1.807, 2.05) is 0 Å². The first-order chi connectivity index (χ1) is 5.59. The zero-order valence-corrected chi connectivity index (χ0v) is 9.39. The Bertz CT molecular complexity index is 160. The number of nitrogens with zero attached hydrogens (tertiary/aromatic N) is 1. The summed E-state index contributed by atoms with van der Waals surface area (Å²) in [6.45, 7) is 8.10. The van der Waals surface area contributed by atoms with Gasteiger partial charge in [0.05, 0.1) is 0 Å². The summed E-state index contributed by atoms with van der Waals surface area (Å²) in [5.74, 6) is 0. The molecule has 0 amide bonds. The molecule has 0 aliphatic carbocycles. The third kappa shape index (κ3) is 2.88. The number of nitrogens with one attached hydrogen (secondary N) is 1. The van der Waals surface area contributed by atoms with Gasteiger partial charge in [0.15, 0.2) is 0 Å². The molecule has 1 fully saturated rings. The average Bonchev–Trinajstić information content (AvgIpc) is 2.28. The van der Waals surface area contributed by atoms with Gasteiger partial charge < -0.3 is 10.2 Å². The van der Waals surface area contributed by atoms with Crippen LogP contribution in [0.1, 0.15) is 13.3 Å². The molecule has 1 heterocycles. The zero-order chi connectivity index (χ0) is 9.14. The van der Waals surface area contributed by atoms with Crippen molar-refractivity contribution in [2.45, 2.75) is 25.4 Å². The highest BCUT2D eigenvalue weighted by Crippen LogP contribution is 2.15. The molecular weight excluding hydrogens is 216 g/mol. The molecule has 1 aliphatic rings. The Kier molecular flexibility index (Phi) is 3.75. The molecule has 1 N–H and O–H groups in total. The first-order valence-corrected chi connectivity index (χ1v) is 5.16. The molecule has 1 aliphatic heterocycles. The first kappa shape index (κ1) is 10.2. The summed E-state index contributed by atoms with van der Waals surface area (Å²) in [5.41, 5.74) is 0. The molecule has 2 unspecified atom stereocenters. The van der Waals surface area contributed by atoms with Crippen molar-refractivity contribution in [2.24, 2.45) is 0 Å². The van der Waals surface area contributed by atoms with Gasteiger partial charge in [-0.2, -0.15) is 0 Å². The highest BCUT2D eigenvalue weighted by molar-refractivity contribution is 9.11. The molecular formula is C9H17BrN2. The Morgan fingerprint density at radius 2 is 2.42 bits per heavy atom. The number of hydrogen-bond acceptors (Lipinski definition) is 2. The van der Waals surface area contributed by atoms with Crippen LogP contribution in [-0.4, -0.2) is 37.1 Å². The van der Waals surface area contributed by atoms with Crippen molar-refractivity contribution >= 4 is 15.9 Å². The lowest BCUT2D eigenvalue weighted by molar-refractivity contribution is 0.327. The maximum Gasteiger partial charge on any atom is 0.0268 e. The summed E-state index contributed by atoms with van der Waals surface area (Å²) >= 11 is 3.34. The van der Waals surface area contributed by atoms with Crippen molar-refractivity contribution < 1.29 is 0 Å². The SMILES string of the molecule is C=C(Br)CNC1CC(C)N(C)C1. The van der Waals surface area contributed by atoms with Crippen LogP contribution in [0.25, 0.3) is 0 Å². The molecule has 0 radical (unpaired) electrons. The Labute approximate surface area is 83.1 Å². The van der Waals surface area contributed by atoms with Crippen molar-refractivity contribution in [1.29, 1.82) is 0 Å². The van der Waals surface area contributed by atoms with Crippen LogP contribution in [0.3, 0.4) is 0 Å². The molecule has 0 bridgehead atoms. The van der Waals surface area contributed by atoms with E-state index in [1.165, 1.54) is 6.42 Å². The molecule has 0 aromatic carbocycles. The van der Waals surface area contributed by atoms with Crippen LogP contribution in [0.2, 0.25) is 0 Å². The summed E-state index contributed by atoms with van der Waals surface area (Å²) in [7, 11) is 2.18. The summed E-state index contributed by atoms with van der Waals surface area (Å²) < 4.78 is 1.03. The smallest absolute Gasteiger partial charge is 0.0268 e. The largest absolute Gasteiger partial charge is 0.308 e. The first-order valence-electron chi connectivity index (χ1n) is 4.36. The lowest BCUT2D eigenvalue weighted by Crippen LogP contribution is -2.32. The zero-order valence-electron chi connectivity index (χ0n) is 7.81. The van der Waals surface area contributed by atoms with Gasteiger partial charge in [0, 0.05) is 29.7 Å². The summed E-state index contributed by atoms with van der Waals surface area (Å²) in [4.78, 5) is 2.38. The van der Waals surface area contributed by atoms with Crippen molar-refractivity contribution in [3.8, 4) is 0 Å². The predicted molar refractivity (Wildman–Crippen MR) is 56.6 cm³/mol. The van der Waals surface area contributed by atoms with Gasteiger partial charge in [-0.05, 0) is 20.4 Å². The van der Waals surface area contributed by atoms with Gasteiger partial charge in [-0.3, -0.25) is 0 Å². The lowest BCUT2D eigenvalue weighted by atomic mass is 10.2. The third-order valence-corrected chi connectivity index (χ3v) is 2.75. The number of halogens is 1. The van der Waals surface area contributed by atoms with Crippen molar-refractivity contribution in [2.75, 3.05) is 20.1 Å². The summed E-state index contributed by atoms with van der Waals surface area (Å²) in [6, 6.07) is 1.35. The van der Waals surface area contributed by atoms with Gasteiger partial charge in [-0.25, -0.2) is 0 Å². The number of rotatable bonds is 3. The third-order valence-electron chi connectivity index (χ3n) is 2.47. The molecule has 3 heteroatoms.